The number of sulfonamides is 1. The van der Waals surface area contributed by atoms with Crippen LogP contribution in [0.15, 0.2) is 18.2 Å². The lowest BCUT2D eigenvalue weighted by molar-refractivity contribution is 0.260. The van der Waals surface area contributed by atoms with Gasteiger partial charge in [-0.1, -0.05) is 25.5 Å². The first-order valence-corrected chi connectivity index (χ1v) is 11.7. The minimum Gasteiger partial charge on any atom is -0.493 e. The Labute approximate surface area is 158 Å². The Hall–Kier alpha value is -1.11. The van der Waals surface area contributed by atoms with Gasteiger partial charge in [-0.25, -0.2) is 12.7 Å². The molecule has 146 valence electrons. The Bertz CT molecular complexity index is 697. The molecule has 0 saturated carbocycles. The largest absolute Gasteiger partial charge is 0.493 e. The molecule has 1 N–H and O–H groups in total. The van der Waals surface area contributed by atoms with Crippen molar-refractivity contribution in [3.8, 4) is 5.75 Å². The van der Waals surface area contributed by atoms with E-state index in [1.165, 1.54) is 17.4 Å². The van der Waals surface area contributed by atoms with Gasteiger partial charge in [0.2, 0.25) is 10.0 Å². The molecule has 2 heterocycles. The summed E-state index contributed by atoms with van der Waals surface area (Å²) in [5.74, 6) is 1.62. The zero-order valence-corrected chi connectivity index (χ0v) is 16.9. The van der Waals surface area contributed by atoms with E-state index in [1.807, 2.05) is 0 Å². The van der Waals surface area contributed by atoms with Gasteiger partial charge >= 0.3 is 0 Å². The molecule has 0 radical (unpaired) electrons. The molecule has 0 aromatic heterocycles. The molecular formula is C20H32N2O3S. The van der Waals surface area contributed by atoms with Crippen molar-refractivity contribution in [1.29, 1.82) is 0 Å². The number of hydrogen-bond donors (Lipinski definition) is 1. The van der Waals surface area contributed by atoms with Crippen LogP contribution in [0, 0.1) is 5.92 Å². The molecule has 1 fully saturated rings. The van der Waals surface area contributed by atoms with Crippen molar-refractivity contribution in [3.63, 3.8) is 0 Å². The van der Waals surface area contributed by atoms with Crippen molar-refractivity contribution >= 4 is 10.0 Å². The van der Waals surface area contributed by atoms with Crippen LogP contribution in [0.3, 0.4) is 0 Å². The Morgan fingerprint density at radius 1 is 1.31 bits per heavy atom. The SMILES string of the molecule is CCCC(Cc1ccc2c(c1)CCO2)NCC1CCN(S(C)(=O)=O)CC1. The summed E-state index contributed by atoms with van der Waals surface area (Å²) in [5, 5.41) is 3.76. The van der Waals surface area contributed by atoms with Crippen molar-refractivity contribution in [3.05, 3.63) is 29.3 Å². The van der Waals surface area contributed by atoms with Crippen molar-refractivity contribution in [2.45, 2.75) is 51.5 Å². The van der Waals surface area contributed by atoms with Gasteiger partial charge in [-0.15, -0.1) is 0 Å². The van der Waals surface area contributed by atoms with Crippen LogP contribution in [0.2, 0.25) is 0 Å². The van der Waals surface area contributed by atoms with Crippen LogP contribution in [0.5, 0.6) is 5.75 Å². The molecule has 1 atom stereocenters. The highest BCUT2D eigenvalue weighted by molar-refractivity contribution is 7.88. The fourth-order valence-electron chi connectivity index (χ4n) is 4.05. The van der Waals surface area contributed by atoms with Gasteiger partial charge < -0.3 is 10.1 Å². The van der Waals surface area contributed by atoms with Crippen LogP contribution in [0.4, 0.5) is 0 Å². The average molecular weight is 381 g/mol. The van der Waals surface area contributed by atoms with Gasteiger partial charge in [-0.3, -0.25) is 0 Å². The van der Waals surface area contributed by atoms with E-state index in [0.717, 1.165) is 57.4 Å². The maximum atomic E-state index is 11.6. The molecule has 0 aliphatic carbocycles. The van der Waals surface area contributed by atoms with Gasteiger partial charge in [-0.05, 0) is 55.3 Å². The third-order valence-corrected chi connectivity index (χ3v) is 6.91. The summed E-state index contributed by atoms with van der Waals surface area (Å²) in [6.45, 7) is 5.34. The van der Waals surface area contributed by atoms with E-state index in [9.17, 15) is 8.42 Å². The number of nitrogens with one attached hydrogen (secondary N) is 1. The number of fused-ring (bicyclic) bond motifs is 1. The van der Waals surface area contributed by atoms with E-state index in [4.69, 9.17) is 4.74 Å². The van der Waals surface area contributed by atoms with Crippen LogP contribution in [0.1, 0.15) is 43.7 Å². The van der Waals surface area contributed by atoms with Crippen LogP contribution < -0.4 is 10.1 Å². The highest BCUT2D eigenvalue weighted by Gasteiger charge is 2.25. The molecule has 2 aliphatic rings. The van der Waals surface area contributed by atoms with E-state index in [-0.39, 0.29) is 0 Å². The molecule has 6 heteroatoms. The topological polar surface area (TPSA) is 58.6 Å². The van der Waals surface area contributed by atoms with Crippen molar-refractivity contribution < 1.29 is 13.2 Å². The summed E-state index contributed by atoms with van der Waals surface area (Å²) in [4.78, 5) is 0. The number of rotatable bonds is 8. The predicted octanol–water partition coefficient (Wildman–Crippen LogP) is 2.59. The molecular weight excluding hydrogens is 348 g/mol. The Balaban J connectivity index is 1.50. The molecule has 3 rings (SSSR count). The Morgan fingerprint density at radius 2 is 2.08 bits per heavy atom. The second-order valence-electron chi connectivity index (χ2n) is 7.74. The average Bonchev–Trinajstić information content (AvgIpc) is 3.07. The highest BCUT2D eigenvalue weighted by atomic mass is 32.2. The van der Waals surface area contributed by atoms with Gasteiger partial charge in [0.1, 0.15) is 5.75 Å². The maximum Gasteiger partial charge on any atom is 0.211 e. The second kappa shape index (κ2) is 8.72. The molecule has 5 nitrogen and oxygen atoms in total. The van der Waals surface area contributed by atoms with E-state index in [0.29, 0.717) is 25.0 Å². The van der Waals surface area contributed by atoms with Crippen molar-refractivity contribution in [2.75, 3.05) is 32.5 Å². The van der Waals surface area contributed by atoms with Crippen molar-refractivity contribution in [2.24, 2.45) is 5.92 Å². The number of benzene rings is 1. The lowest BCUT2D eigenvalue weighted by Crippen LogP contribution is -2.42. The molecule has 1 aromatic rings. The van der Waals surface area contributed by atoms with Crippen LogP contribution in [-0.4, -0.2) is 51.3 Å². The maximum absolute atomic E-state index is 11.6. The van der Waals surface area contributed by atoms with Crippen LogP contribution in [0.25, 0.3) is 0 Å². The van der Waals surface area contributed by atoms with Gasteiger partial charge in [0, 0.05) is 25.6 Å². The number of hydrogen-bond acceptors (Lipinski definition) is 4. The molecule has 0 bridgehead atoms. The van der Waals surface area contributed by atoms with E-state index in [2.05, 4.69) is 30.4 Å². The van der Waals surface area contributed by atoms with Gasteiger partial charge in [0.25, 0.3) is 0 Å². The Kier molecular flexibility index (Phi) is 6.59. The first-order valence-electron chi connectivity index (χ1n) is 9.89. The highest BCUT2D eigenvalue weighted by Crippen LogP contribution is 2.26. The van der Waals surface area contributed by atoms with Gasteiger partial charge in [-0.2, -0.15) is 0 Å². The van der Waals surface area contributed by atoms with Gasteiger partial charge in [0.05, 0.1) is 12.9 Å². The first kappa shape index (κ1) is 19.6. The molecule has 1 unspecified atom stereocenters. The summed E-state index contributed by atoms with van der Waals surface area (Å²) in [6.07, 6.45) is 7.61. The number of ether oxygens (including phenoxy) is 1. The molecule has 1 saturated heterocycles. The summed E-state index contributed by atoms with van der Waals surface area (Å²) < 4.78 is 30.5. The molecule has 0 spiro atoms. The van der Waals surface area contributed by atoms with Crippen LogP contribution in [-0.2, 0) is 22.9 Å². The van der Waals surface area contributed by atoms with E-state index >= 15 is 0 Å². The Morgan fingerprint density at radius 3 is 2.77 bits per heavy atom. The summed E-state index contributed by atoms with van der Waals surface area (Å²) in [6, 6.07) is 7.09. The molecule has 2 aliphatic heterocycles. The first-order chi connectivity index (χ1) is 12.5. The monoisotopic (exact) mass is 380 g/mol. The fourth-order valence-corrected chi connectivity index (χ4v) is 4.93. The van der Waals surface area contributed by atoms with E-state index in [1.54, 1.807) is 4.31 Å². The summed E-state index contributed by atoms with van der Waals surface area (Å²) >= 11 is 0. The zero-order valence-electron chi connectivity index (χ0n) is 16.0. The van der Waals surface area contributed by atoms with Crippen molar-refractivity contribution in [1.82, 2.24) is 9.62 Å². The molecule has 26 heavy (non-hydrogen) atoms. The fraction of sp³-hybridized carbons (Fsp3) is 0.700. The summed E-state index contributed by atoms with van der Waals surface area (Å²) in [7, 11) is -3.03. The number of nitrogens with zero attached hydrogens (tertiary/aromatic N) is 1. The lowest BCUT2D eigenvalue weighted by Gasteiger charge is -2.31. The smallest absolute Gasteiger partial charge is 0.211 e. The standard InChI is InChI=1S/C20H32N2O3S/c1-3-4-19(14-17-5-6-20-18(13-17)9-12-25-20)21-15-16-7-10-22(11-8-16)26(2,23)24/h5-6,13,16,19,21H,3-4,7-12,14-15H2,1-2H3. The number of piperidine rings is 1. The summed E-state index contributed by atoms with van der Waals surface area (Å²) in [5.41, 5.74) is 2.72. The quantitative estimate of drug-likeness (QED) is 0.753. The molecule has 1 aromatic carbocycles. The predicted molar refractivity (Wildman–Crippen MR) is 105 cm³/mol. The van der Waals surface area contributed by atoms with Crippen LogP contribution >= 0.6 is 0 Å². The van der Waals surface area contributed by atoms with Gasteiger partial charge in [0.15, 0.2) is 0 Å². The minimum absolute atomic E-state index is 0.480. The zero-order chi connectivity index (χ0) is 18.6. The van der Waals surface area contributed by atoms with E-state index < -0.39 is 10.0 Å². The lowest BCUT2D eigenvalue weighted by atomic mass is 9.95. The minimum atomic E-state index is -3.03. The third kappa shape index (κ3) is 5.21. The molecule has 0 amide bonds. The normalized spacial score (nSPS) is 19.9. The third-order valence-electron chi connectivity index (χ3n) is 5.61. The second-order valence-corrected chi connectivity index (χ2v) is 9.73.